The van der Waals surface area contributed by atoms with Crippen LogP contribution in [0.1, 0.15) is 41.6 Å². The van der Waals surface area contributed by atoms with E-state index in [1.165, 1.54) is 16.7 Å². The van der Waals surface area contributed by atoms with Gasteiger partial charge < -0.3 is 9.64 Å². The van der Waals surface area contributed by atoms with Gasteiger partial charge in [0.05, 0.1) is 12.6 Å². The van der Waals surface area contributed by atoms with Gasteiger partial charge in [0.25, 0.3) is 0 Å². The molecule has 29 heavy (non-hydrogen) atoms. The van der Waals surface area contributed by atoms with Gasteiger partial charge in [-0.3, -0.25) is 4.79 Å². The van der Waals surface area contributed by atoms with Crippen LogP contribution in [0.2, 0.25) is 0 Å². The highest BCUT2D eigenvalue weighted by molar-refractivity contribution is 5.78. The maximum Gasteiger partial charge on any atom is 0.223 e. The average molecular weight is 386 g/mol. The Morgan fingerprint density at radius 3 is 2.45 bits per heavy atom. The number of benzene rings is 3. The molecule has 0 bridgehead atoms. The number of hydrogen-bond donors (Lipinski definition) is 0. The molecule has 1 heterocycles. The van der Waals surface area contributed by atoms with Gasteiger partial charge in [0.2, 0.25) is 5.91 Å². The SMILES string of the molecule is CCOc1ccc(CCC(=O)N2CCc3ccccc3C2c2ccccc2)cc1. The van der Waals surface area contributed by atoms with Crippen LogP contribution >= 0.6 is 0 Å². The zero-order valence-corrected chi connectivity index (χ0v) is 16.9. The summed E-state index contributed by atoms with van der Waals surface area (Å²) < 4.78 is 5.50. The molecule has 3 aromatic carbocycles. The molecule has 1 unspecified atom stereocenters. The number of aryl methyl sites for hydroxylation is 1. The van der Waals surface area contributed by atoms with Gasteiger partial charge in [-0.1, -0.05) is 66.7 Å². The minimum absolute atomic E-state index is 0.00557. The third kappa shape index (κ3) is 4.34. The van der Waals surface area contributed by atoms with Crippen LogP contribution < -0.4 is 4.74 Å². The van der Waals surface area contributed by atoms with Gasteiger partial charge in [0.1, 0.15) is 5.75 Å². The van der Waals surface area contributed by atoms with Crippen molar-refractivity contribution in [3.05, 3.63) is 101 Å². The van der Waals surface area contributed by atoms with Gasteiger partial charge in [-0.05, 0) is 54.2 Å². The van der Waals surface area contributed by atoms with E-state index in [1.807, 2.05) is 25.1 Å². The molecule has 148 valence electrons. The van der Waals surface area contributed by atoms with Crippen molar-refractivity contribution in [2.45, 2.75) is 32.2 Å². The predicted octanol–water partition coefficient (Wildman–Crippen LogP) is 5.19. The van der Waals surface area contributed by atoms with Crippen LogP contribution in [0.25, 0.3) is 0 Å². The largest absolute Gasteiger partial charge is 0.494 e. The van der Waals surface area contributed by atoms with Crippen LogP contribution in [0.15, 0.2) is 78.9 Å². The summed E-state index contributed by atoms with van der Waals surface area (Å²) in [4.78, 5) is 15.3. The number of ether oxygens (including phenoxy) is 1. The van der Waals surface area contributed by atoms with Crippen LogP contribution in [0.4, 0.5) is 0 Å². The van der Waals surface area contributed by atoms with E-state index in [9.17, 15) is 4.79 Å². The Balaban J connectivity index is 1.52. The molecule has 0 radical (unpaired) electrons. The lowest BCUT2D eigenvalue weighted by Crippen LogP contribution is -2.40. The van der Waals surface area contributed by atoms with E-state index >= 15 is 0 Å². The predicted molar refractivity (Wildman–Crippen MR) is 116 cm³/mol. The molecule has 1 aliphatic heterocycles. The van der Waals surface area contributed by atoms with Crippen molar-refractivity contribution in [1.82, 2.24) is 4.90 Å². The number of nitrogens with zero attached hydrogens (tertiary/aromatic N) is 1. The van der Waals surface area contributed by atoms with Gasteiger partial charge in [-0.2, -0.15) is 0 Å². The molecule has 3 heteroatoms. The smallest absolute Gasteiger partial charge is 0.223 e. The summed E-state index contributed by atoms with van der Waals surface area (Å²) in [6, 6.07) is 26.9. The number of rotatable bonds is 6. The summed E-state index contributed by atoms with van der Waals surface area (Å²) >= 11 is 0. The Kier molecular flexibility index (Phi) is 5.95. The molecule has 0 aliphatic carbocycles. The van der Waals surface area contributed by atoms with Gasteiger partial charge in [0.15, 0.2) is 0 Å². The molecule has 4 rings (SSSR count). The second-order valence-electron chi connectivity index (χ2n) is 7.43. The molecule has 0 spiro atoms. The summed E-state index contributed by atoms with van der Waals surface area (Å²) in [7, 11) is 0. The lowest BCUT2D eigenvalue weighted by Gasteiger charge is -2.38. The van der Waals surface area contributed by atoms with Crippen LogP contribution in [0.5, 0.6) is 5.75 Å². The van der Waals surface area contributed by atoms with E-state index in [-0.39, 0.29) is 11.9 Å². The molecule has 0 aromatic heterocycles. The third-order valence-corrected chi connectivity index (χ3v) is 5.58. The number of carbonyl (C=O) groups excluding carboxylic acids is 1. The van der Waals surface area contributed by atoms with Gasteiger partial charge >= 0.3 is 0 Å². The number of fused-ring (bicyclic) bond motifs is 1. The Hall–Kier alpha value is -3.07. The highest BCUT2D eigenvalue weighted by Gasteiger charge is 2.31. The number of amides is 1. The van der Waals surface area contributed by atoms with E-state index in [2.05, 4.69) is 65.6 Å². The Bertz CT molecular complexity index is 950. The second kappa shape index (κ2) is 8.95. The summed E-state index contributed by atoms with van der Waals surface area (Å²) in [5, 5.41) is 0. The normalized spacial score (nSPS) is 15.6. The molecule has 1 amide bonds. The fourth-order valence-corrected chi connectivity index (χ4v) is 4.14. The van der Waals surface area contributed by atoms with Crippen molar-refractivity contribution >= 4 is 5.91 Å². The first-order chi connectivity index (χ1) is 14.3. The summed E-state index contributed by atoms with van der Waals surface area (Å²) in [6.07, 6.45) is 2.17. The first kappa shape index (κ1) is 19.3. The Morgan fingerprint density at radius 1 is 0.966 bits per heavy atom. The number of hydrogen-bond acceptors (Lipinski definition) is 2. The lowest BCUT2D eigenvalue weighted by atomic mass is 9.88. The first-order valence-electron chi connectivity index (χ1n) is 10.4. The quantitative estimate of drug-likeness (QED) is 0.584. The standard InChI is InChI=1S/C26H27NO2/c1-2-29-23-15-12-20(13-16-23)14-17-25(28)27-19-18-21-8-6-7-11-24(21)26(27)22-9-4-3-5-10-22/h3-13,15-16,26H,2,14,17-19H2,1H3. The van der Waals surface area contributed by atoms with E-state index in [1.54, 1.807) is 0 Å². The maximum atomic E-state index is 13.2. The molecule has 3 nitrogen and oxygen atoms in total. The van der Waals surface area contributed by atoms with Crippen LogP contribution in [0, 0.1) is 0 Å². The van der Waals surface area contributed by atoms with E-state index in [0.29, 0.717) is 13.0 Å². The third-order valence-electron chi connectivity index (χ3n) is 5.58. The van der Waals surface area contributed by atoms with Crippen molar-refractivity contribution < 1.29 is 9.53 Å². The molecule has 3 aromatic rings. The molecule has 0 saturated heterocycles. The van der Waals surface area contributed by atoms with Gasteiger partial charge in [-0.15, -0.1) is 0 Å². The summed E-state index contributed by atoms with van der Waals surface area (Å²) in [5.74, 6) is 1.08. The zero-order valence-electron chi connectivity index (χ0n) is 16.9. The minimum atomic E-state index is -0.00557. The molecule has 0 N–H and O–H groups in total. The molecular formula is C26H27NO2. The topological polar surface area (TPSA) is 29.5 Å². The maximum absolute atomic E-state index is 13.2. The number of carbonyl (C=O) groups is 1. The van der Waals surface area contributed by atoms with Crippen molar-refractivity contribution in [2.24, 2.45) is 0 Å². The zero-order chi connectivity index (χ0) is 20.1. The second-order valence-corrected chi connectivity index (χ2v) is 7.43. The highest BCUT2D eigenvalue weighted by Crippen LogP contribution is 2.35. The van der Waals surface area contributed by atoms with Crippen LogP contribution in [-0.2, 0) is 17.6 Å². The fourth-order valence-electron chi connectivity index (χ4n) is 4.14. The van der Waals surface area contributed by atoms with Crippen molar-refractivity contribution in [1.29, 1.82) is 0 Å². The Labute approximate surface area is 172 Å². The molecule has 0 saturated carbocycles. The monoisotopic (exact) mass is 385 g/mol. The van der Waals surface area contributed by atoms with Crippen LogP contribution in [-0.4, -0.2) is 24.0 Å². The van der Waals surface area contributed by atoms with Gasteiger partial charge in [0, 0.05) is 13.0 Å². The molecule has 0 fully saturated rings. The minimum Gasteiger partial charge on any atom is -0.494 e. The summed E-state index contributed by atoms with van der Waals surface area (Å²) in [5.41, 5.74) is 4.93. The molecule has 1 atom stereocenters. The van der Waals surface area contributed by atoms with Crippen molar-refractivity contribution in [3.8, 4) is 5.75 Å². The summed E-state index contributed by atoms with van der Waals surface area (Å²) in [6.45, 7) is 3.40. The first-order valence-corrected chi connectivity index (χ1v) is 10.4. The lowest BCUT2D eigenvalue weighted by molar-refractivity contribution is -0.133. The van der Waals surface area contributed by atoms with Gasteiger partial charge in [-0.25, -0.2) is 0 Å². The van der Waals surface area contributed by atoms with E-state index in [0.717, 1.165) is 30.7 Å². The van der Waals surface area contributed by atoms with E-state index in [4.69, 9.17) is 4.74 Å². The van der Waals surface area contributed by atoms with Crippen molar-refractivity contribution in [2.75, 3.05) is 13.2 Å². The average Bonchev–Trinajstić information content (AvgIpc) is 2.78. The van der Waals surface area contributed by atoms with Crippen molar-refractivity contribution in [3.63, 3.8) is 0 Å². The molecule has 1 aliphatic rings. The fraction of sp³-hybridized carbons (Fsp3) is 0.269. The highest BCUT2D eigenvalue weighted by atomic mass is 16.5. The van der Waals surface area contributed by atoms with Crippen LogP contribution in [0.3, 0.4) is 0 Å². The Morgan fingerprint density at radius 2 is 1.69 bits per heavy atom. The molecular weight excluding hydrogens is 358 g/mol. The van der Waals surface area contributed by atoms with E-state index < -0.39 is 0 Å².